The Kier molecular flexibility index (Phi) is 6.77. The highest BCUT2D eigenvalue weighted by molar-refractivity contribution is 6.52. The molecule has 0 fully saturated rings. The second-order valence-corrected chi connectivity index (χ2v) is 6.84. The summed E-state index contributed by atoms with van der Waals surface area (Å²) in [5.74, 6) is -1.04. The van der Waals surface area contributed by atoms with Crippen LogP contribution in [0.25, 0.3) is 0 Å². The van der Waals surface area contributed by atoms with E-state index in [0.717, 1.165) is 4.90 Å². The molecule has 0 saturated heterocycles. The molecule has 5 nitrogen and oxygen atoms in total. The first kappa shape index (κ1) is 20.1. The number of benzene rings is 1. The largest absolute Gasteiger partial charge is 0.331 e. The van der Waals surface area contributed by atoms with Gasteiger partial charge in [-0.25, -0.2) is 4.98 Å². The fourth-order valence-electron chi connectivity index (χ4n) is 1.83. The third kappa shape index (κ3) is 4.90. The smallest absolute Gasteiger partial charge is 0.274 e. The number of anilines is 1. The van der Waals surface area contributed by atoms with Crippen molar-refractivity contribution in [2.45, 2.75) is 0 Å². The summed E-state index contributed by atoms with van der Waals surface area (Å²) in [5.41, 5.74) is 0.354. The van der Waals surface area contributed by atoms with E-state index in [1.54, 1.807) is 24.3 Å². The Morgan fingerprint density at radius 1 is 1.00 bits per heavy atom. The average Bonchev–Trinajstić information content (AvgIpc) is 2.57. The van der Waals surface area contributed by atoms with Gasteiger partial charge in [0.1, 0.15) is 10.8 Å². The first-order valence-electron chi connectivity index (χ1n) is 6.71. The fourth-order valence-corrected chi connectivity index (χ4v) is 2.77. The number of rotatable bonds is 4. The van der Waals surface area contributed by atoms with Gasteiger partial charge in [-0.2, -0.15) is 0 Å². The van der Waals surface area contributed by atoms with Crippen LogP contribution in [0.5, 0.6) is 0 Å². The van der Waals surface area contributed by atoms with Crippen LogP contribution < -0.4 is 5.32 Å². The quantitative estimate of drug-likeness (QED) is 0.675. The topological polar surface area (TPSA) is 62.3 Å². The number of nitrogens with zero attached hydrogens (tertiary/aromatic N) is 2. The second kappa shape index (κ2) is 8.43. The molecule has 0 atom stereocenters. The van der Waals surface area contributed by atoms with E-state index >= 15 is 0 Å². The van der Waals surface area contributed by atoms with Gasteiger partial charge in [0, 0.05) is 17.8 Å². The molecule has 1 aromatic heterocycles. The third-order valence-corrected chi connectivity index (χ3v) is 4.97. The summed E-state index contributed by atoms with van der Waals surface area (Å²) >= 11 is 29.3. The van der Waals surface area contributed by atoms with Crippen molar-refractivity contribution in [3.63, 3.8) is 0 Å². The Balaban J connectivity index is 2.10. The zero-order valence-corrected chi connectivity index (χ0v) is 16.4. The maximum atomic E-state index is 12.4. The van der Waals surface area contributed by atoms with Gasteiger partial charge in [0.25, 0.3) is 5.91 Å². The van der Waals surface area contributed by atoms with Gasteiger partial charge < -0.3 is 10.2 Å². The van der Waals surface area contributed by atoms with Crippen LogP contribution in [-0.4, -0.2) is 35.3 Å². The lowest BCUT2D eigenvalue weighted by Crippen LogP contribution is -2.35. The van der Waals surface area contributed by atoms with E-state index < -0.39 is 11.8 Å². The van der Waals surface area contributed by atoms with Gasteiger partial charge in [-0.15, -0.1) is 0 Å². The van der Waals surface area contributed by atoms with Crippen molar-refractivity contribution in [3.05, 3.63) is 55.2 Å². The minimum atomic E-state index is -0.628. The molecular weight excluding hydrogens is 431 g/mol. The van der Waals surface area contributed by atoms with Gasteiger partial charge in [0.2, 0.25) is 5.91 Å². The van der Waals surface area contributed by atoms with E-state index in [9.17, 15) is 9.59 Å². The minimum absolute atomic E-state index is 0.0481. The van der Waals surface area contributed by atoms with Crippen LogP contribution in [0, 0.1) is 0 Å². The lowest BCUT2D eigenvalue weighted by atomic mass is 10.3. The van der Waals surface area contributed by atoms with Gasteiger partial charge in [-0.3, -0.25) is 9.59 Å². The van der Waals surface area contributed by atoms with Crippen LogP contribution in [0.4, 0.5) is 5.69 Å². The molecule has 0 bridgehead atoms. The van der Waals surface area contributed by atoms with E-state index in [1.807, 2.05) is 0 Å². The van der Waals surface area contributed by atoms with E-state index in [4.69, 9.17) is 58.0 Å². The molecule has 10 heteroatoms. The summed E-state index contributed by atoms with van der Waals surface area (Å²) < 4.78 is 0. The van der Waals surface area contributed by atoms with Crippen LogP contribution in [0.15, 0.2) is 24.3 Å². The van der Waals surface area contributed by atoms with Crippen molar-refractivity contribution in [2.75, 3.05) is 18.9 Å². The molecule has 1 aromatic carbocycles. The Labute approximate surface area is 168 Å². The highest BCUT2D eigenvalue weighted by Crippen LogP contribution is 2.36. The van der Waals surface area contributed by atoms with Crippen molar-refractivity contribution in [1.29, 1.82) is 0 Å². The number of hydrogen-bond acceptors (Lipinski definition) is 3. The predicted octanol–water partition coefficient (Wildman–Crippen LogP) is 5.06. The van der Waals surface area contributed by atoms with Gasteiger partial charge >= 0.3 is 0 Å². The molecule has 0 saturated carbocycles. The molecule has 1 N–H and O–H groups in total. The molecule has 0 aliphatic heterocycles. The molecule has 0 aliphatic carbocycles. The number of nitrogens with one attached hydrogen (secondary N) is 1. The summed E-state index contributed by atoms with van der Waals surface area (Å²) in [5, 5.41) is 2.77. The molecule has 2 aromatic rings. The zero-order valence-electron chi connectivity index (χ0n) is 12.6. The fraction of sp³-hybridized carbons (Fsp3) is 0.133. The first-order chi connectivity index (χ1) is 11.7. The number of amides is 2. The molecule has 0 spiro atoms. The molecular formula is C15H10Cl5N3O2. The van der Waals surface area contributed by atoms with Crippen molar-refractivity contribution in [2.24, 2.45) is 0 Å². The third-order valence-electron chi connectivity index (χ3n) is 3.04. The lowest BCUT2D eigenvalue weighted by molar-refractivity contribution is -0.116. The minimum Gasteiger partial charge on any atom is -0.331 e. The highest BCUT2D eigenvalue weighted by atomic mass is 35.5. The number of aromatic nitrogens is 1. The van der Waals surface area contributed by atoms with Gasteiger partial charge in [-0.05, 0) is 24.3 Å². The van der Waals surface area contributed by atoms with Crippen molar-refractivity contribution >= 4 is 75.5 Å². The summed E-state index contributed by atoms with van der Waals surface area (Å²) in [4.78, 5) is 29.4. The predicted molar refractivity (Wildman–Crippen MR) is 101 cm³/mol. The van der Waals surface area contributed by atoms with Gasteiger partial charge in [0.15, 0.2) is 0 Å². The van der Waals surface area contributed by atoms with Crippen molar-refractivity contribution < 1.29 is 9.59 Å². The van der Waals surface area contributed by atoms with Crippen LogP contribution in [0.2, 0.25) is 25.2 Å². The maximum Gasteiger partial charge on any atom is 0.274 e. The van der Waals surface area contributed by atoms with E-state index in [0.29, 0.717) is 10.7 Å². The molecule has 132 valence electrons. The van der Waals surface area contributed by atoms with Crippen LogP contribution >= 0.6 is 58.0 Å². The standard InChI is InChI=1S/C15H10Cl5N3O2/c1-23(6-9(24)21-8-4-2-7(16)3-5-8)15(25)13-11(18)10(17)12(19)14(20)22-13/h2-5H,6H2,1H3,(H,21,24). The Morgan fingerprint density at radius 2 is 1.60 bits per heavy atom. The van der Waals surface area contributed by atoms with E-state index in [-0.39, 0.29) is 32.5 Å². The summed E-state index contributed by atoms with van der Waals surface area (Å²) in [6.45, 7) is -0.239. The summed E-state index contributed by atoms with van der Waals surface area (Å²) in [7, 11) is 1.41. The first-order valence-corrected chi connectivity index (χ1v) is 8.60. The Hall–Kier alpha value is -1.24. The second-order valence-electron chi connectivity index (χ2n) is 4.91. The average molecular weight is 442 g/mol. The van der Waals surface area contributed by atoms with Crippen molar-refractivity contribution in [3.8, 4) is 0 Å². The molecule has 2 amide bonds. The van der Waals surface area contributed by atoms with Crippen LogP contribution in [-0.2, 0) is 4.79 Å². The Bertz CT molecular complexity index is 827. The SMILES string of the molecule is CN(CC(=O)Nc1ccc(Cl)cc1)C(=O)c1nc(Cl)c(Cl)c(Cl)c1Cl. The zero-order chi connectivity index (χ0) is 18.7. The summed E-state index contributed by atoms with van der Waals surface area (Å²) in [6.07, 6.45) is 0. The maximum absolute atomic E-state index is 12.4. The number of carbonyl (C=O) groups excluding carboxylic acids is 2. The number of likely N-dealkylation sites (N-methyl/N-ethyl adjacent to an activating group) is 1. The molecule has 0 unspecified atom stereocenters. The molecule has 2 rings (SSSR count). The lowest BCUT2D eigenvalue weighted by Gasteiger charge is -2.17. The summed E-state index contributed by atoms with van der Waals surface area (Å²) in [6, 6.07) is 6.54. The number of pyridine rings is 1. The monoisotopic (exact) mass is 439 g/mol. The van der Waals surface area contributed by atoms with Crippen LogP contribution in [0.3, 0.4) is 0 Å². The number of halogens is 5. The Morgan fingerprint density at radius 3 is 2.20 bits per heavy atom. The molecule has 0 aliphatic rings. The molecule has 0 radical (unpaired) electrons. The van der Waals surface area contributed by atoms with E-state index in [2.05, 4.69) is 10.3 Å². The molecule has 25 heavy (non-hydrogen) atoms. The van der Waals surface area contributed by atoms with Gasteiger partial charge in [0.05, 0.1) is 21.6 Å². The van der Waals surface area contributed by atoms with E-state index in [1.165, 1.54) is 7.05 Å². The van der Waals surface area contributed by atoms with Crippen LogP contribution in [0.1, 0.15) is 10.5 Å². The van der Waals surface area contributed by atoms with Gasteiger partial charge in [-0.1, -0.05) is 58.0 Å². The van der Waals surface area contributed by atoms with Crippen molar-refractivity contribution in [1.82, 2.24) is 9.88 Å². The number of hydrogen-bond donors (Lipinski definition) is 1. The molecule has 1 heterocycles. The normalized spacial score (nSPS) is 10.5. The number of carbonyl (C=O) groups is 2. The highest BCUT2D eigenvalue weighted by Gasteiger charge is 2.24.